The van der Waals surface area contributed by atoms with Crippen molar-refractivity contribution in [1.82, 2.24) is 0 Å². The zero-order valence-corrected chi connectivity index (χ0v) is 10.7. The quantitative estimate of drug-likeness (QED) is 0.813. The number of rotatable bonds is 2. The third kappa shape index (κ3) is 2.29. The predicted molar refractivity (Wildman–Crippen MR) is 67.5 cm³/mol. The fourth-order valence-electron chi connectivity index (χ4n) is 1.43. The van der Waals surface area contributed by atoms with Crippen molar-refractivity contribution in [2.24, 2.45) is 0 Å². The van der Waals surface area contributed by atoms with Gasteiger partial charge in [-0.1, -0.05) is 51.9 Å². The summed E-state index contributed by atoms with van der Waals surface area (Å²) < 4.78 is 13.1. The molecule has 0 spiro atoms. The van der Waals surface area contributed by atoms with Gasteiger partial charge in [-0.05, 0) is 19.1 Å². The largest absolute Gasteiger partial charge is 0.253 e. The van der Waals surface area contributed by atoms with Crippen LogP contribution in [-0.2, 0) is 10.8 Å². The molecule has 1 nitrogen and oxygen atoms in total. The van der Waals surface area contributed by atoms with E-state index in [1.54, 1.807) is 0 Å². The van der Waals surface area contributed by atoms with E-state index in [0.29, 0.717) is 0 Å². The molecule has 0 saturated heterocycles. The van der Waals surface area contributed by atoms with Crippen molar-refractivity contribution in [2.75, 3.05) is 0 Å². The summed E-state index contributed by atoms with van der Waals surface area (Å²) in [6.07, 6.45) is 5.83. The zero-order chi connectivity index (χ0) is 10.8. The van der Waals surface area contributed by atoms with E-state index in [1.165, 1.54) is 5.56 Å². The first kappa shape index (κ1) is 10.8. The molecule has 0 N–H and O–H groups in total. The summed E-state index contributed by atoms with van der Waals surface area (Å²) in [6.45, 7) is 2.03. The normalized spacial score (nSPS) is 21.5. The Bertz CT molecular complexity index is 445. The Kier molecular flexibility index (Phi) is 3.22. The van der Waals surface area contributed by atoms with Crippen LogP contribution in [0.4, 0.5) is 0 Å². The molecule has 1 aromatic carbocycles. The summed E-state index contributed by atoms with van der Waals surface area (Å²) in [6, 6.07) is 7.84. The van der Waals surface area contributed by atoms with E-state index in [9.17, 15) is 4.21 Å². The van der Waals surface area contributed by atoms with Crippen LogP contribution in [-0.4, -0.2) is 9.46 Å². The lowest BCUT2D eigenvalue weighted by Gasteiger charge is -2.09. The lowest BCUT2D eigenvalue weighted by atomic mass is 10.2. The predicted octanol–water partition coefficient (Wildman–Crippen LogP) is 3.32. The van der Waals surface area contributed by atoms with E-state index in [-0.39, 0.29) is 5.25 Å². The molecule has 0 amide bonds. The first-order valence-corrected chi connectivity index (χ1v) is 6.70. The maximum Gasteiger partial charge on any atom is 0.0892 e. The molecule has 0 aliphatic heterocycles. The molecule has 15 heavy (non-hydrogen) atoms. The van der Waals surface area contributed by atoms with Crippen LogP contribution < -0.4 is 0 Å². The van der Waals surface area contributed by atoms with Crippen LogP contribution in [0.25, 0.3) is 0 Å². The van der Waals surface area contributed by atoms with Crippen LogP contribution in [0, 0.1) is 6.92 Å². The van der Waals surface area contributed by atoms with Crippen LogP contribution in [0.3, 0.4) is 0 Å². The van der Waals surface area contributed by atoms with Gasteiger partial charge in [0.15, 0.2) is 0 Å². The lowest BCUT2D eigenvalue weighted by Crippen LogP contribution is -2.10. The molecule has 3 heteroatoms. The summed E-state index contributed by atoms with van der Waals surface area (Å²) in [5, 5.41) is -0.0206. The van der Waals surface area contributed by atoms with Gasteiger partial charge < -0.3 is 0 Å². The van der Waals surface area contributed by atoms with E-state index in [0.717, 1.165) is 9.38 Å². The Morgan fingerprint density at radius 2 is 1.93 bits per heavy atom. The van der Waals surface area contributed by atoms with Crippen molar-refractivity contribution in [1.29, 1.82) is 0 Å². The Labute approximate surface area is 100 Å². The highest BCUT2D eigenvalue weighted by atomic mass is 79.9. The van der Waals surface area contributed by atoms with Gasteiger partial charge in [0, 0.05) is 9.38 Å². The van der Waals surface area contributed by atoms with Gasteiger partial charge in [0.2, 0.25) is 0 Å². The van der Waals surface area contributed by atoms with Gasteiger partial charge in [0.05, 0.1) is 16.0 Å². The average molecular weight is 283 g/mol. The first-order chi connectivity index (χ1) is 7.18. The highest BCUT2D eigenvalue weighted by Gasteiger charge is 2.20. The van der Waals surface area contributed by atoms with Gasteiger partial charge in [-0.15, -0.1) is 0 Å². The van der Waals surface area contributed by atoms with Crippen LogP contribution in [0.2, 0.25) is 0 Å². The Morgan fingerprint density at radius 1 is 1.27 bits per heavy atom. The Morgan fingerprint density at radius 3 is 2.47 bits per heavy atom. The molecule has 0 heterocycles. The average Bonchev–Trinajstić information content (AvgIpc) is 2.65. The van der Waals surface area contributed by atoms with Gasteiger partial charge in [0.1, 0.15) is 0 Å². The SMILES string of the molecule is Cc1ccc(S(=O)C2C=CC=C2Br)cc1. The maximum absolute atomic E-state index is 12.2. The molecule has 0 bridgehead atoms. The summed E-state index contributed by atoms with van der Waals surface area (Å²) in [5.74, 6) is 0. The molecule has 0 saturated carbocycles. The number of aryl methyl sites for hydroxylation is 1. The van der Waals surface area contributed by atoms with E-state index < -0.39 is 10.8 Å². The zero-order valence-electron chi connectivity index (χ0n) is 8.31. The topological polar surface area (TPSA) is 17.1 Å². The second kappa shape index (κ2) is 4.45. The van der Waals surface area contributed by atoms with Crippen molar-refractivity contribution in [3.63, 3.8) is 0 Å². The molecular weight excluding hydrogens is 272 g/mol. The molecule has 2 atom stereocenters. The summed E-state index contributed by atoms with van der Waals surface area (Å²) >= 11 is 3.42. The van der Waals surface area contributed by atoms with Gasteiger partial charge in [-0.3, -0.25) is 4.21 Å². The number of halogens is 1. The number of benzene rings is 1. The van der Waals surface area contributed by atoms with Crippen molar-refractivity contribution >= 4 is 26.7 Å². The molecule has 0 radical (unpaired) electrons. The molecule has 1 aliphatic rings. The molecule has 2 unspecified atom stereocenters. The van der Waals surface area contributed by atoms with Gasteiger partial charge in [-0.25, -0.2) is 0 Å². The molecule has 78 valence electrons. The molecular formula is C12H11BrOS. The van der Waals surface area contributed by atoms with Crippen LogP contribution in [0.15, 0.2) is 51.9 Å². The van der Waals surface area contributed by atoms with E-state index in [2.05, 4.69) is 15.9 Å². The minimum absolute atomic E-state index is 0.0206. The molecule has 1 aromatic rings. The summed E-state index contributed by atoms with van der Waals surface area (Å²) in [7, 11) is -0.999. The van der Waals surface area contributed by atoms with Crippen molar-refractivity contribution in [3.05, 3.63) is 52.5 Å². The van der Waals surface area contributed by atoms with Gasteiger partial charge in [0.25, 0.3) is 0 Å². The fraction of sp³-hybridized carbons (Fsp3) is 0.167. The van der Waals surface area contributed by atoms with E-state index in [1.807, 2.05) is 49.4 Å². The van der Waals surface area contributed by atoms with Gasteiger partial charge >= 0.3 is 0 Å². The summed E-state index contributed by atoms with van der Waals surface area (Å²) in [5.41, 5.74) is 1.19. The third-order valence-corrected chi connectivity index (χ3v) is 4.97. The minimum atomic E-state index is -0.999. The number of hydrogen-bond acceptors (Lipinski definition) is 1. The number of allylic oxidation sites excluding steroid dienone is 2. The maximum atomic E-state index is 12.2. The number of hydrogen-bond donors (Lipinski definition) is 0. The van der Waals surface area contributed by atoms with Gasteiger partial charge in [-0.2, -0.15) is 0 Å². The molecule has 0 aromatic heterocycles. The van der Waals surface area contributed by atoms with E-state index >= 15 is 0 Å². The lowest BCUT2D eigenvalue weighted by molar-refractivity contribution is 0.682. The van der Waals surface area contributed by atoms with Crippen LogP contribution in [0.1, 0.15) is 5.56 Å². The second-order valence-corrected chi connectivity index (χ2v) is 5.96. The molecule has 2 rings (SSSR count). The van der Waals surface area contributed by atoms with E-state index in [4.69, 9.17) is 0 Å². The highest BCUT2D eigenvalue weighted by Crippen LogP contribution is 2.26. The Hall–Kier alpha value is -0.670. The van der Waals surface area contributed by atoms with Crippen molar-refractivity contribution < 1.29 is 4.21 Å². The second-order valence-electron chi connectivity index (χ2n) is 3.47. The Balaban J connectivity index is 2.25. The van der Waals surface area contributed by atoms with Crippen LogP contribution >= 0.6 is 15.9 Å². The van der Waals surface area contributed by atoms with Crippen molar-refractivity contribution in [3.8, 4) is 0 Å². The highest BCUT2D eigenvalue weighted by molar-refractivity contribution is 9.11. The fourth-order valence-corrected chi connectivity index (χ4v) is 3.46. The molecule has 0 fully saturated rings. The standard InChI is InChI=1S/C12H11BrOS/c1-9-5-7-10(8-6-9)15(14)12-4-2-3-11(12)13/h2-8,12H,1H3. The van der Waals surface area contributed by atoms with Crippen LogP contribution in [0.5, 0.6) is 0 Å². The van der Waals surface area contributed by atoms with Crippen molar-refractivity contribution in [2.45, 2.75) is 17.1 Å². The molecule has 1 aliphatic carbocycles. The minimum Gasteiger partial charge on any atom is -0.253 e. The monoisotopic (exact) mass is 282 g/mol. The first-order valence-electron chi connectivity index (χ1n) is 4.69. The summed E-state index contributed by atoms with van der Waals surface area (Å²) in [4.78, 5) is 0.877. The third-order valence-electron chi connectivity index (χ3n) is 2.30. The smallest absolute Gasteiger partial charge is 0.0892 e.